The smallest absolute Gasteiger partial charge is 0.298 e. The molecular formula is C25H23ClN4O2S. The normalized spacial score (nSPS) is 20.1. The molecule has 2 atom stereocenters. The minimum atomic E-state index is 0.00510. The van der Waals surface area contributed by atoms with Crippen molar-refractivity contribution in [2.75, 3.05) is 24.5 Å². The van der Waals surface area contributed by atoms with Crippen molar-refractivity contribution in [3.8, 4) is 10.4 Å². The molecule has 2 aromatic heterocycles. The minimum absolute atomic E-state index is 0.00510. The lowest BCUT2D eigenvalue weighted by Gasteiger charge is -2.52. The van der Waals surface area contributed by atoms with E-state index in [1.165, 1.54) is 5.56 Å². The molecule has 0 radical (unpaired) electrons. The van der Waals surface area contributed by atoms with E-state index < -0.39 is 0 Å². The molecule has 1 amide bonds. The molecule has 0 aliphatic carbocycles. The van der Waals surface area contributed by atoms with Gasteiger partial charge in [0.15, 0.2) is 5.58 Å². The van der Waals surface area contributed by atoms with E-state index in [9.17, 15) is 4.79 Å². The van der Waals surface area contributed by atoms with E-state index in [0.717, 1.165) is 46.1 Å². The van der Waals surface area contributed by atoms with Crippen molar-refractivity contribution in [1.29, 1.82) is 0 Å². The third-order valence-corrected chi connectivity index (χ3v) is 7.90. The molecule has 0 N–H and O–H groups in total. The summed E-state index contributed by atoms with van der Waals surface area (Å²) < 4.78 is 5.99. The van der Waals surface area contributed by atoms with Gasteiger partial charge in [-0.1, -0.05) is 41.4 Å². The van der Waals surface area contributed by atoms with Crippen molar-refractivity contribution in [2.24, 2.45) is 5.92 Å². The van der Waals surface area contributed by atoms with Crippen molar-refractivity contribution in [3.05, 3.63) is 63.8 Å². The molecule has 33 heavy (non-hydrogen) atoms. The van der Waals surface area contributed by atoms with E-state index in [0.29, 0.717) is 29.2 Å². The zero-order valence-corrected chi connectivity index (χ0v) is 20.0. The first kappa shape index (κ1) is 20.7. The number of oxazole rings is 1. The van der Waals surface area contributed by atoms with Crippen LogP contribution in [-0.2, 0) is 0 Å². The fraction of sp³-hybridized carbons (Fsp3) is 0.320. The van der Waals surface area contributed by atoms with Crippen LogP contribution in [0.25, 0.3) is 21.5 Å². The molecule has 6 nitrogen and oxygen atoms in total. The Morgan fingerprint density at radius 3 is 2.88 bits per heavy atom. The van der Waals surface area contributed by atoms with Gasteiger partial charge < -0.3 is 14.2 Å². The summed E-state index contributed by atoms with van der Waals surface area (Å²) >= 11 is 7.68. The van der Waals surface area contributed by atoms with Gasteiger partial charge in [-0.25, -0.2) is 4.98 Å². The first-order valence-electron chi connectivity index (χ1n) is 11.1. The highest BCUT2D eigenvalue weighted by Gasteiger charge is 2.46. The van der Waals surface area contributed by atoms with Crippen LogP contribution in [0.4, 0.5) is 6.01 Å². The molecule has 6 rings (SSSR count). The number of hydrogen-bond acceptors (Lipinski definition) is 6. The fourth-order valence-corrected chi connectivity index (χ4v) is 5.99. The third kappa shape index (κ3) is 3.60. The SMILES string of the molecule is Cc1cccc(-c2sc(C)nc2C(=O)N2CC[C@H]3CN(c4nc5cc(Cl)ccc5o4)[C@H]3C2)c1. The second-order valence-electron chi connectivity index (χ2n) is 8.91. The van der Waals surface area contributed by atoms with Crippen molar-refractivity contribution in [3.63, 3.8) is 0 Å². The summed E-state index contributed by atoms with van der Waals surface area (Å²) in [7, 11) is 0. The molecule has 4 heterocycles. The quantitative estimate of drug-likeness (QED) is 0.385. The fourth-order valence-electron chi connectivity index (χ4n) is 4.92. The zero-order chi connectivity index (χ0) is 22.7. The molecule has 0 spiro atoms. The number of rotatable bonds is 3. The number of carbonyl (C=O) groups excluding carboxylic acids is 1. The number of thiazole rings is 1. The topological polar surface area (TPSA) is 62.5 Å². The molecule has 2 aromatic carbocycles. The molecule has 0 saturated carbocycles. The number of fused-ring (bicyclic) bond motifs is 2. The standard InChI is InChI=1S/C25H23ClN4O2S/c1-14-4-3-5-16(10-14)23-22(27-15(2)33-23)24(31)29-9-8-17-12-30(20(17)13-29)25-28-19-11-18(26)6-7-21(19)32-25/h3-7,10-11,17,20H,8-9,12-13H2,1-2H3/t17-,20-/m0/s1. The van der Waals surface area contributed by atoms with Gasteiger partial charge in [0.1, 0.15) is 11.2 Å². The van der Waals surface area contributed by atoms with Crippen molar-refractivity contribution >= 4 is 46.0 Å². The van der Waals surface area contributed by atoms with Crippen LogP contribution >= 0.6 is 22.9 Å². The Hall–Kier alpha value is -2.90. The Balaban J connectivity index is 1.25. The first-order valence-corrected chi connectivity index (χ1v) is 12.3. The van der Waals surface area contributed by atoms with Gasteiger partial charge in [-0.15, -0.1) is 11.3 Å². The molecule has 2 aliphatic heterocycles. The van der Waals surface area contributed by atoms with E-state index >= 15 is 0 Å². The molecule has 4 aromatic rings. The first-order chi connectivity index (χ1) is 16.0. The molecule has 2 saturated heterocycles. The summed E-state index contributed by atoms with van der Waals surface area (Å²) in [6.45, 7) is 6.32. The van der Waals surface area contributed by atoms with Gasteiger partial charge in [0, 0.05) is 30.6 Å². The summed E-state index contributed by atoms with van der Waals surface area (Å²) in [5.74, 6) is 0.548. The number of likely N-dealkylation sites (tertiary alicyclic amines) is 1. The molecule has 8 heteroatoms. The van der Waals surface area contributed by atoms with Crippen LogP contribution in [0.15, 0.2) is 46.9 Å². The lowest BCUT2D eigenvalue weighted by molar-refractivity contribution is 0.0579. The van der Waals surface area contributed by atoms with Crippen LogP contribution in [-0.4, -0.2) is 46.5 Å². The van der Waals surface area contributed by atoms with E-state index in [1.54, 1.807) is 17.4 Å². The monoisotopic (exact) mass is 478 g/mol. The van der Waals surface area contributed by atoms with Crippen molar-refractivity contribution < 1.29 is 9.21 Å². The predicted octanol–water partition coefficient (Wildman–Crippen LogP) is 5.57. The average molecular weight is 479 g/mol. The summed E-state index contributed by atoms with van der Waals surface area (Å²) in [6, 6.07) is 14.5. The van der Waals surface area contributed by atoms with Gasteiger partial charge in [-0.05, 0) is 44.0 Å². The van der Waals surface area contributed by atoms with Gasteiger partial charge in [0.05, 0.1) is 15.9 Å². The maximum Gasteiger partial charge on any atom is 0.298 e. The van der Waals surface area contributed by atoms with Crippen LogP contribution in [0.3, 0.4) is 0 Å². The highest BCUT2D eigenvalue weighted by Crippen LogP contribution is 2.39. The minimum Gasteiger partial charge on any atom is -0.423 e. The van der Waals surface area contributed by atoms with Crippen LogP contribution in [0.5, 0.6) is 0 Å². The Kier molecular flexibility index (Phi) is 4.92. The van der Waals surface area contributed by atoms with Crippen molar-refractivity contribution in [2.45, 2.75) is 26.3 Å². The van der Waals surface area contributed by atoms with Gasteiger partial charge in [0.2, 0.25) is 0 Å². The Morgan fingerprint density at radius 1 is 1.15 bits per heavy atom. The molecule has 2 fully saturated rings. The number of piperidine rings is 1. The zero-order valence-electron chi connectivity index (χ0n) is 18.4. The van der Waals surface area contributed by atoms with Gasteiger partial charge in [0.25, 0.3) is 11.9 Å². The number of nitrogens with zero attached hydrogens (tertiary/aromatic N) is 4. The maximum atomic E-state index is 13.6. The van der Waals surface area contributed by atoms with E-state index in [4.69, 9.17) is 16.0 Å². The number of amides is 1. The van der Waals surface area contributed by atoms with Crippen LogP contribution in [0.2, 0.25) is 5.02 Å². The number of benzene rings is 2. The summed E-state index contributed by atoms with van der Waals surface area (Å²) in [5.41, 5.74) is 4.26. The second kappa shape index (κ2) is 7.85. The average Bonchev–Trinajstić information content (AvgIpc) is 3.37. The molecule has 0 bridgehead atoms. The summed E-state index contributed by atoms with van der Waals surface area (Å²) in [4.78, 5) is 27.9. The second-order valence-corrected chi connectivity index (χ2v) is 10.5. The van der Waals surface area contributed by atoms with Crippen LogP contribution < -0.4 is 4.90 Å². The van der Waals surface area contributed by atoms with Gasteiger partial charge in [-0.2, -0.15) is 4.98 Å². The number of hydrogen-bond donors (Lipinski definition) is 0. The number of carbonyl (C=O) groups is 1. The van der Waals surface area contributed by atoms with E-state index in [-0.39, 0.29) is 11.9 Å². The third-order valence-electron chi connectivity index (χ3n) is 6.64. The Bertz CT molecular complexity index is 1380. The number of halogens is 1. The number of anilines is 1. The van der Waals surface area contributed by atoms with E-state index in [1.807, 2.05) is 30.0 Å². The number of aryl methyl sites for hydroxylation is 2. The molecule has 2 aliphatic rings. The highest BCUT2D eigenvalue weighted by atomic mass is 35.5. The van der Waals surface area contributed by atoms with Gasteiger partial charge in [-0.3, -0.25) is 4.79 Å². The van der Waals surface area contributed by atoms with E-state index in [2.05, 4.69) is 40.0 Å². The number of aromatic nitrogens is 2. The highest BCUT2D eigenvalue weighted by molar-refractivity contribution is 7.15. The molecule has 0 unspecified atom stereocenters. The van der Waals surface area contributed by atoms with Crippen LogP contribution in [0, 0.1) is 19.8 Å². The Labute approximate surface area is 200 Å². The molecule has 168 valence electrons. The van der Waals surface area contributed by atoms with Crippen molar-refractivity contribution in [1.82, 2.24) is 14.9 Å². The molecular weight excluding hydrogens is 456 g/mol. The Morgan fingerprint density at radius 2 is 2.03 bits per heavy atom. The largest absolute Gasteiger partial charge is 0.423 e. The predicted molar refractivity (Wildman–Crippen MR) is 131 cm³/mol. The summed E-state index contributed by atoms with van der Waals surface area (Å²) in [5, 5.41) is 1.54. The lowest BCUT2D eigenvalue weighted by Crippen LogP contribution is -2.65. The maximum absolute atomic E-state index is 13.6. The van der Waals surface area contributed by atoms with Crippen LogP contribution in [0.1, 0.15) is 27.5 Å². The lowest BCUT2D eigenvalue weighted by atomic mass is 9.82. The van der Waals surface area contributed by atoms with Gasteiger partial charge >= 0.3 is 0 Å². The summed E-state index contributed by atoms with van der Waals surface area (Å²) in [6.07, 6.45) is 0.974.